The van der Waals surface area contributed by atoms with Gasteiger partial charge in [0.1, 0.15) is 12.7 Å². The molecule has 39 heavy (non-hydrogen) atoms. The molecule has 3 aromatic carbocycles. The highest BCUT2D eigenvalue weighted by atomic mass is 16.5. The van der Waals surface area contributed by atoms with Crippen LogP contribution >= 0.6 is 0 Å². The first-order chi connectivity index (χ1) is 18.9. The monoisotopic (exact) mass is 518 g/mol. The van der Waals surface area contributed by atoms with E-state index in [9.17, 15) is 9.90 Å². The van der Waals surface area contributed by atoms with Crippen LogP contribution in [-0.2, 0) is 20.9 Å². The van der Waals surface area contributed by atoms with E-state index in [1.165, 1.54) is 43.1 Å². The number of carbonyl (C=O) groups is 1. The predicted molar refractivity (Wildman–Crippen MR) is 159 cm³/mol. The van der Waals surface area contributed by atoms with Crippen molar-refractivity contribution < 1.29 is 19.4 Å². The molecule has 4 nitrogen and oxygen atoms in total. The maximum atomic E-state index is 11.6. The number of hydrogen-bond donors (Lipinski definition) is 1. The predicted octanol–water partition coefficient (Wildman–Crippen LogP) is 5.57. The summed E-state index contributed by atoms with van der Waals surface area (Å²) in [5, 5.41) is 17.6. The molecule has 2 atom stereocenters. The van der Waals surface area contributed by atoms with Crippen LogP contribution in [0.4, 0.5) is 0 Å². The molecule has 0 fully saturated rings. The maximum absolute atomic E-state index is 11.6. The Balaban J connectivity index is 1.61. The van der Waals surface area contributed by atoms with Crippen LogP contribution in [0.25, 0.3) is 32.7 Å². The number of hydrogen-bond acceptors (Lipinski definition) is 4. The van der Waals surface area contributed by atoms with E-state index in [0.717, 1.165) is 12.0 Å². The van der Waals surface area contributed by atoms with Crippen molar-refractivity contribution in [2.24, 2.45) is 5.92 Å². The summed E-state index contributed by atoms with van der Waals surface area (Å²) in [5.41, 5.74) is 3.92. The summed E-state index contributed by atoms with van der Waals surface area (Å²) in [4.78, 5) is 11.6. The van der Waals surface area contributed by atoms with Gasteiger partial charge in [0.05, 0.1) is 13.2 Å². The molecular weight excluding hydrogens is 484 g/mol. The van der Waals surface area contributed by atoms with Gasteiger partial charge >= 0.3 is 5.97 Å². The van der Waals surface area contributed by atoms with E-state index < -0.39 is 12.1 Å². The zero-order chi connectivity index (χ0) is 27.4. The summed E-state index contributed by atoms with van der Waals surface area (Å²) in [5.74, 6) is -0.238. The molecule has 0 heterocycles. The Hall–Kier alpha value is -3.99. The van der Waals surface area contributed by atoms with Crippen molar-refractivity contribution in [3.05, 3.63) is 119 Å². The average Bonchev–Trinajstić information content (AvgIpc) is 2.96. The van der Waals surface area contributed by atoms with Crippen LogP contribution in [0.3, 0.4) is 0 Å². The average molecular weight is 519 g/mol. The van der Waals surface area contributed by atoms with E-state index in [2.05, 4.69) is 105 Å². The third-order valence-corrected chi connectivity index (χ3v) is 7.19. The van der Waals surface area contributed by atoms with Gasteiger partial charge in [-0.1, -0.05) is 98.5 Å². The third kappa shape index (κ3) is 5.73. The molecule has 0 aliphatic heterocycles. The SMILES string of the molecule is C=C(C)C(=O)OCC(O)COCc1ccc2c(c1)c(=C1\C=CC=CC1C)/c(=C1/C=CC=CC1)c1ccccc12. The van der Waals surface area contributed by atoms with Crippen molar-refractivity contribution in [3.8, 4) is 0 Å². The van der Waals surface area contributed by atoms with Crippen LogP contribution in [0.15, 0.2) is 103 Å². The van der Waals surface area contributed by atoms with Gasteiger partial charge in [0.15, 0.2) is 0 Å². The van der Waals surface area contributed by atoms with Gasteiger partial charge in [-0.2, -0.15) is 0 Å². The Bertz CT molecular complexity index is 1680. The normalized spacial score (nSPS) is 20.0. The van der Waals surface area contributed by atoms with Crippen molar-refractivity contribution in [1.29, 1.82) is 0 Å². The van der Waals surface area contributed by atoms with Gasteiger partial charge in [-0.3, -0.25) is 0 Å². The number of aliphatic hydroxyl groups excluding tert-OH is 1. The first kappa shape index (κ1) is 26.6. The van der Waals surface area contributed by atoms with Crippen molar-refractivity contribution >= 4 is 38.7 Å². The van der Waals surface area contributed by atoms with E-state index in [1.807, 2.05) is 0 Å². The van der Waals surface area contributed by atoms with Crippen LogP contribution in [-0.4, -0.2) is 30.4 Å². The molecule has 3 aromatic rings. The molecule has 2 aliphatic carbocycles. The molecule has 1 N–H and O–H groups in total. The van der Waals surface area contributed by atoms with Gasteiger partial charge < -0.3 is 14.6 Å². The Morgan fingerprint density at radius 1 is 0.974 bits per heavy atom. The minimum absolute atomic E-state index is 0.0638. The van der Waals surface area contributed by atoms with Gasteiger partial charge in [0.25, 0.3) is 0 Å². The molecule has 2 aliphatic rings. The smallest absolute Gasteiger partial charge is 0.333 e. The minimum Gasteiger partial charge on any atom is -0.460 e. The summed E-state index contributed by atoms with van der Waals surface area (Å²) in [7, 11) is 0. The number of aliphatic hydroxyl groups is 1. The summed E-state index contributed by atoms with van der Waals surface area (Å²) < 4.78 is 10.9. The topological polar surface area (TPSA) is 55.8 Å². The van der Waals surface area contributed by atoms with Gasteiger partial charge in [-0.25, -0.2) is 4.79 Å². The first-order valence-corrected chi connectivity index (χ1v) is 13.4. The number of benzene rings is 3. The van der Waals surface area contributed by atoms with E-state index >= 15 is 0 Å². The van der Waals surface area contributed by atoms with Crippen LogP contribution < -0.4 is 10.4 Å². The Morgan fingerprint density at radius 2 is 1.74 bits per heavy atom. The molecule has 4 heteroatoms. The lowest BCUT2D eigenvalue weighted by Crippen LogP contribution is -2.32. The number of carbonyl (C=O) groups excluding carboxylic acids is 1. The molecule has 2 unspecified atom stereocenters. The molecule has 0 amide bonds. The molecule has 0 saturated carbocycles. The second-order valence-corrected chi connectivity index (χ2v) is 10.2. The lowest BCUT2D eigenvalue weighted by molar-refractivity contribution is -0.143. The fourth-order valence-corrected chi connectivity index (χ4v) is 5.27. The Morgan fingerprint density at radius 3 is 2.49 bits per heavy atom. The third-order valence-electron chi connectivity index (χ3n) is 7.19. The van der Waals surface area contributed by atoms with Gasteiger partial charge in [-0.15, -0.1) is 0 Å². The van der Waals surface area contributed by atoms with E-state index in [0.29, 0.717) is 12.2 Å². The van der Waals surface area contributed by atoms with Gasteiger partial charge in [-0.05, 0) is 74.0 Å². The molecule has 5 rings (SSSR count). The van der Waals surface area contributed by atoms with Crippen molar-refractivity contribution in [3.63, 3.8) is 0 Å². The number of allylic oxidation sites excluding steroid dienone is 8. The standard InChI is InChI=1S/C35H34O4/c1-23(2)35(37)39-22-27(36)21-38-20-25-17-18-30-29-15-9-10-16-31(29)33(26-12-5-4-6-13-26)34(32(30)19-25)28-14-8-7-11-24(28)3/h4-12,14-19,24,27,36H,1,13,20-22H2,2-3H3/b33-26-,34-28-. The highest BCUT2D eigenvalue weighted by Crippen LogP contribution is 2.26. The first-order valence-electron chi connectivity index (χ1n) is 13.4. The van der Waals surface area contributed by atoms with Gasteiger partial charge in [0.2, 0.25) is 0 Å². The lowest BCUT2D eigenvalue weighted by atomic mass is 9.86. The summed E-state index contributed by atoms with van der Waals surface area (Å²) >= 11 is 0. The molecule has 0 saturated heterocycles. The fourth-order valence-electron chi connectivity index (χ4n) is 5.27. The summed E-state index contributed by atoms with van der Waals surface area (Å²) in [6.07, 6.45) is 17.4. The highest BCUT2D eigenvalue weighted by Gasteiger charge is 2.15. The second kappa shape index (κ2) is 11.8. The fraction of sp³-hybridized carbons (Fsp3) is 0.229. The number of ether oxygens (including phenoxy) is 2. The minimum atomic E-state index is -0.905. The molecular formula is C35H34O4. The largest absolute Gasteiger partial charge is 0.460 e. The molecule has 0 aromatic heterocycles. The number of rotatable bonds is 7. The molecule has 0 bridgehead atoms. The van der Waals surface area contributed by atoms with Crippen molar-refractivity contribution in [1.82, 2.24) is 0 Å². The van der Waals surface area contributed by atoms with Crippen LogP contribution in [0.1, 0.15) is 25.8 Å². The number of esters is 1. The zero-order valence-electron chi connectivity index (χ0n) is 22.5. The Kier molecular flexibility index (Phi) is 8.06. The lowest BCUT2D eigenvalue weighted by Gasteiger charge is -2.18. The van der Waals surface area contributed by atoms with E-state index in [-0.39, 0.29) is 19.1 Å². The quantitative estimate of drug-likeness (QED) is 0.252. The molecule has 0 radical (unpaired) electrons. The van der Waals surface area contributed by atoms with E-state index in [4.69, 9.17) is 9.47 Å². The summed E-state index contributed by atoms with van der Waals surface area (Å²) in [6.45, 7) is 7.65. The van der Waals surface area contributed by atoms with Gasteiger partial charge in [0, 0.05) is 5.57 Å². The van der Waals surface area contributed by atoms with Crippen molar-refractivity contribution in [2.75, 3.05) is 13.2 Å². The number of fused-ring (bicyclic) bond motifs is 3. The highest BCUT2D eigenvalue weighted by molar-refractivity contribution is 6.09. The zero-order valence-corrected chi connectivity index (χ0v) is 22.5. The summed E-state index contributed by atoms with van der Waals surface area (Å²) in [6, 6.07) is 15.2. The van der Waals surface area contributed by atoms with E-state index in [1.54, 1.807) is 6.92 Å². The second-order valence-electron chi connectivity index (χ2n) is 10.2. The van der Waals surface area contributed by atoms with Crippen LogP contribution in [0, 0.1) is 5.92 Å². The van der Waals surface area contributed by atoms with Crippen LogP contribution in [0.2, 0.25) is 0 Å². The molecule has 0 spiro atoms. The maximum Gasteiger partial charge on any atom is 0.333 e. The molecule has 198 valence electrons. The Labute approximate surface area is 229 Å². The van der Waals surface area contributed by atoms with Crippen LogP contribution in [0.5, 0.6) is 0 Å². The van der Waals surface area contributed by atoms with Crippen molar-refractivity contribution in [2.45, 2.75) is 33.0 Å².